The van der Waals surface area contributed by atoms with Crippen molar-refractivity contribution in [3.05, 3.63) is 107 Å². The molecule has 0 aliphatic rings. The van der Waals surface area contributed by atoms with E-state index in [1.807, 2.05) is 0 Å². The lowest BCUT2D eigenvalue weighted by molar-refractivity contribution is 1.38. The summed E-state index contributed by atoms with van der Waals surface area (Å²) < 4.78 is 0. The summed E-state index contributed by atoms with van der Waals surface area (Å²) in [7, 11) is 0. The third-order valence-corrected chi connectivity index (χ3v) is 5.73. The summed E-state index contributed by atoms with van der Waals surface area (Å²) in [6, 6.07) is 30.7. The SMILES string of the molecule is Cc1ccccc1-c1cc(-c2ccccc2C)c(C)c(-c2ccccc2C)c1. The fourth-order valence-corrected chi connectivity index (χ4v) is 4.08. The van der Waals surface area contributed by atoms with Gasteiger partial charge in [0.05, 0.1) is 0 Å². The van der Waals surface area contributed by atoms with Crippen molar-refractivity contribution >= 4 is 0 Å². The summed E-state index contributed by atoms with van der Waals surface area (Å²) in [5, 5.41) is 0. The molecule has 0 spiro atoms. The van der Waals surface area contributed by atoms with Crippen LogP contribution in [0.4, 0.5) is 0 Å². The lowest BCUT2D eigenvalue weighted by Crippen LogP contribution is -1.95. The van der Waals surface area contributed by atoms with Crippen molar-refractivity contribution < 1.29 is 0 Å². The maximum absolute atomic E-state index is 2.36. The number of aryl methyl sites for hydroxylation is 3. The Kier molecular flexibility index (Phi) is 4.88. The van der Waals surface area contributed by atoms with Gasteiger partial charge in [-0.1, -0.05) is 72.8 Å². The monoisotopic (exact) mass is 362 g/mol. The first-order chi connectivity index (χ1) is 13.6. The van der Waals surface area contributed by atoms with Gasteiger partial charge in [0, 0.05) is 0 Å². The molecule has 0 N–H and O–H groups in total. The second-order valence-electron chi connectivity index (χ2n) is 7.64. The van der Waals surface area contributed by atoms with E-state index in [0.717, 1.165) is 0 Å². The molecule has 138 valence electrons. The Balaban J connectivity index is 2.06. The number of hydrogen-bond donors (Lipinski definition) is 0. The minimum Gasteiger partial charge on any atom is -0.0620 e. The lowest BCUT2D eigenvalue weighted by atomic mass is 9.85. The normalized spacial score (nSPS) is 10.9. The van der Waals surface area contributed by atoms with Crippen molar-refractivity contribution in [1.29, 1.82) is 0 Å². The molecule has 4 rings (SSSR count). The smallest absolute Gasteiger partial charge is 0.0140 e. The van der Waals surface area contributed by atoms with E-state index in [1.165, 1.54) is 55.6 Å². The van der Waals surface area contributed by atoms with Gasteiger partial charge in [-0.3, -0.25) is 0 Å². The van der Waals surface area contributed by atoms with Crippen molar-refractivity contribution in [3.8, 4) is 33.4 Å². The molecule has 0 aromatic heterocycles. The standard InChI is InChI=1S/C28H26/c1-19-11-5-8-14-24(19)23-17-27(25-15-9-6-12-20(25)2)22(4)28(18-23)26-16-10-7-13-21(26)3/h5-18H,1-4H3. The Morgan fingerprint density at radius 1 is 0.393 bits per heavy atom. The molecular formula is C28H26. The molecule has 0 saturated heterocycles. The maximum atomic E-state index is 2.36. The van der Waals surface area contributed by atoms with Crippen LogP contribution in [0.1, 0.15) is 22.3 Å². The Morgan fingerprint density at radius 2 is 0.750 bits per heavy atom. The molecule has 0 amide bonds. The highest BCUT2D eigenvalue weighted by atomic mass is 14.2. The predicted octanol–water partition coefficient (Wildman–Crippen LogP) is 7.92. The molecule has 0 heterocycles. The molecule has 4 aromatic rings. The van der Waals surface area contributed by atoms with Gasteiger partial charge in [0.25, 0.3) is 0 Å². The van der Waals surface area contributed by atoms with E-state index in [9.17, 15) is 0 Å². The van der Waals surface area contributed by atoms with Crippen LogP contribution in [0.15, 0.2) is 84.9 Å². The molecule has 0 unspecified atom stereocenters. The van der Waals surface area contributed by atoms with E-state index in [0.29, 0.717) is 0 Å². The fourth-order valence-electron chi connectivity index (χ4n) is 4.08. The van der Waals surface area contributed by atoms with Gasteiger partial charge in [-0.05, 0) is 95.5 Å². The van der Waals surface area contributed by atoms with Crippen molar-refractivity contribution in [2.75, 3.05) is 0 Å². The first-order valence-corrected chi connectivity index (χ1v) is 9.89. The van der Waals surface area contributed by atoms with E-state index in [-0.39, 0.29) is 0 Å². The van der Waals surface area contributed by atoms with Gasteiger partial charge in [0.1, 0.15) is 0 Å². The van der Waals surface area contributed by atoms with Crippen LogP contribution in [0.25, 0.3) is 33.4 Å². The largest absolute Gasteiger partial charge is 0.0620 e. The highest BCUT2D eigenvalue weighted by molar-refractivity contribution is 5.87. The molecule has 28 heavy (non-hydrogen) atoms. The van der Waals surface area contributed by atoms with Crippen LogP contribution in [0, 0.1) is 27.7 Å². The van der Waals surface area contributed by atoms with Gasteiger partial charge < -0.3 is 0 Å². The van der Waals surface area contributed by atoms with Crippen LogP contribution in [0.5, 0.6) is 0 Å². The first kappa shape index (κ1) is 18.3. The summed E-state index contributed by atoms with van der Waals surface area (Å²) in [4.78, 5) is 0. The van der Waals surface area contributed by atoms with Crippen molar-refractivity contribution in [3.63, 3.8) is 0 Å². The molecule has 4 aromatic carbocycles. The van der Waals surface area contributed by atoms with Crippen LogP contribution < -0.4 is 0 Å². The van der Waals surface area contributed by atoms with Gasteiger partial charge in [0.2, 0.25) is 0 Å². The number of rotatable bonds is 3. The molecule has 0 nitrogen and oxygen atoms in total. The molecule has 0 heteroatoms. The number of benzene rings is 4. The summed E-state index contributed by atoms with van der Waals surface area (Å²) in [6.45, 7) is 8.84. The van der Waals surface area contributed by atoms with Crippen LogP contribution in [0.2, 0.25) is 0 Å². The molecular weight excluding hydrogens is 336 g/mol. The van der Waals surface area contributed by atoms with Gasteiger partial charge >= 0.3 is 0 Å². The molecule has 0 bridgehead atoms. The van der Waals surface area contributed by atoms with Crippen LogP contribution in [0.3, 0.4) is 0 Å². The molecule has 0 atom stereocenters. The second kappa shape index (κ2) is 7.48. The van der Waals surface area contributed by atoms with Crippen molar-refractivity contribution in [1.82, 2.24) is 0 Å². The zero-order valence-electron chi connectivity index (χ0n) is 17.1. The Hall–Kier alpha value is -3.12. The summed E-state index contributed by atoms with van der Waals surface area (Å²) in [5.74, 6) is 0. The molecule has 0 radical (unpaired) electrons. The molecule has 0 fully saturated rings. The van der Waals surface area contributed by atoms with E-state index in [4.69, 9.17) is 0 Å². The summed E-state index contributed by atoms with van der Waals surface area (Å²) in [5.41, 5.74) is 13.1. The predicted molar refractivity (Wildman–Crippen MR) is 122 cm³/mol. The van der Waals surface area contributed by atoms with Crippen LogP contribution in [-0.2, 0) is 0 Å². The van der Waals surface area contributed by atoms with Gasteiger partial charge in [-0.15, -0.1) is 0 Å². The number of hydrogen-bond acceptors (Lipinski definition) is 0. The minimum absolute atomic E-state index is 1.28. The Labute approximate surface area is 168 Å². The van der Waals surface area contributed by atoms with Gasteiger partial charge in [0.15, 0.2) is 0 Å². The average molecular weight is 363 g/mol. The average Bonchev–Trinajstić information content (AvgIpc) is 2.70. The summed E-state index contributed by atoms with van der Waals surface area (Å²) >= 11 is 0. The first-order valence-electron chi connectivity index (χ1n) is 9.89. The van der Waals surface area contributed by atoms with Gasteiger partial charge in [-0.25, -0.2) is 0 Å². The quantitative estimate of drug-likeness (QED) is 0.347. The van der Waals surface area contributed by atoms with E-state index < -0.39 is 0 Å². The highest BCUT2D eigenvalue weighted by Gasteiger charge is 2.15. The van der Waals surface area contributed by atoms with E-state index in [1.54, 1.807) is 0 Å². The highest BCUT2D eigenvalue weighted by Crippen LogP contribution is 2.39. The topological polar surface area (TPSA) is 0 Å². The maximum Gasteiger partial charge on any atom is -0.0140 e. The van der Waals surface area contributed by atoms with E-state index in [2.05, 4.69) is 113 Å². The molecule has 0 aliphatic carbocycles. The Morgan fingerprint density at radius 3 is 1.14 bits per heavy atom. The second-order valence-corrected chi connectivity index (χ2v) is 7.64. The van der Waals surface area contributed by atoms with Crippen LogP contribution in [-0.4, -0.2) is 0 Å². The van der Waals surface area contributed by atoms with Crippen molar-refractivity contribution in [2.24, 2.45) is 0 Å². The molecule has 0 saturated carbocycles. The van der Waals surface area contributed by atoms with Crippen LogP contribution >= 0.6 is 0 Å². The van der Waals surface area contributed by atoms with Crippen molar-refractivity contribution in [2.45, 2.75) is 27.7 Å². The Bertz CT molecular complexity index is 1080. The zero-order chi connectivity index (χ0) is 19.7. The fraction of sp³-hybridized carbons (Fsp3) is 0.143. The third kappa shape index (κ3) is 3.27. The lowest BCUT2D eigenvalue weighted by Gasteiger charge is -2.19. The summed E-state index contributed by atoms with van der Waals surface area (Å²) in [6.07, 6.45) is 0. The molecule has 0 aliphatic heterocycles. The van der Waals surface area contributed by atoms with Gasteiger partial charge in [-0.2, -0.15) is 0 Å². The minimum atomic E-state index is 1.28. The zero-order valence-corrected chi connectivity index (χ0v) is 17.1. The third-order valence-electron chi connectivity index (χ3n) is 5.73. The van der Waals surface area contributed by atoms with E-state index >= 15 is 0 Å².